The zero-order valence-electron chi connectivity index (χ0n) is 14.8. The molecule has 2 heterocycles. The van der Waals surface area contributed by atoms with Gasteiger partial charge in [0.15, 0.2) is 0 Å². The van der Waals surface area contributed by atoms with E-state index in [9.17, 15) is 14.4 Å². The summed E-state index contributed by atoms with van der Waals surface area (Å²) < 4.78 is 2.24. The van der Waals surface area contributed by atoms with Crippen molar-refractivity contribution in [1.29, 1.82) is 0 Å². The van der Waals surface area contributed by atoms with Crippen molar-refractivity contribution in [1.82, 2.24) is 19.6 Å². The molecule has 28 heavy (non-hydrogen) atoms. The Morgan fingerprint density at radius 1 is 1.21 bits per heavy atom. The topological polar surface area (TPSA) is 124 Å². The van der Waals surface area contributed by atoms with Gasteiger partial charge in [0.1, 0.15) is 11.4 Å². The van der Waals surface area contributed by atoms with Gasteiger partial charge in [0.05, 0.1) is 10.0 Å². The summed E-state index contributed by atoms with van der Waals surface area (Å²) in [7, 11) is 0. The molecule has 2 aromatic rings. The third-order valence-corrected chi connectivity index (χ3v) is 6.28. The quantitative estimate of drug-likeness (QED) is 0.524. The summed E-state index contributed by atoms with van der Waals surface area (Å²) in [6.07, 6.45) is 1.80. The number of nitrogens with one attached hydrogen (secondary N) is 3. The molecule has 1 aromatic heterocycles. The number of H-pyrrole nitrogens is 2. The highest BCUT2D eigenvalue weighted by Gasteiger charge is 2.22. The summed E-state index contributed by atoms with van der Waals surface area (Å²) >= 11 is 13.6. The Labute approximate surface area is 174 Å². The minimum atomic E-state index is -0.776. The highest BCUT2D eigenvalue weighted by atomic mass is 35.5. The van der Waals surface area contributed by atoms with Gasteiger partial charge >= 0.3 is 5.69 Å². The molecule has 1 amide bonds. The number of piperidine rings is 1. The first kappa shape index (κ1) is 20.8. The van der Waals surface area contributed by atoms with Crippen molar-refractivity contribution in [3.63, 3.8) is 0 Å². The number of benzene rings is 1. The van der Waals surface area contributed by atoms with Crippen molar-refractivity contribution in [2.75, 3.05) is 25.4 Å². The molecule has 11 heteroatoms. The molecule has 0 radical (unpaired) electrons. The Hall–Kier alpha value is -1.94. The fourth-order valence-corrected chi connectivity index (χ4v) is 4.24. The molecule has 0 bridgehead atoms. The Balaban J connectivity index is 1.49. The van der Waals surface area contributed by atoms with E-state index in [0.717, 1.165) is 30.8 Å². The number of rotatable bonds is 5. The van der Waals surface area contributed by atoms with Crippen LogP contribution in [-0.4, -0.2) is 39.8 Å². The van der Waals surface area contributed by atoms with Crippen LogP contribution >= 0.6 is 35.1 Å². The maximum absolute atomic E-state index is 12.2. The van der Waals surface area contributed by atoms with Gasteiger partial charge in [-0.25, -0.2) is 9.10 Å². The average Bonchev–Trinajstić information content (AvgIpc) is 2.67. The molecule has 0 saturated carbocycles. The van der Waals surface area contributed by atoms with Gasteiger partial charge < -0.3 is 16.0 Å². The molecular weight excluding hydrogens is 425 g/mol. The third-order valence-electron chi connectivity index (χ3n) is 4.46. The molecule has 1 aromatic carbocycles. The maximum Gasteiger partial charge on any atom is 0.326 e. The second-order valence-electron chi connectivity index (χ2n) is 6.45. The molecule has 5 N–H and O–H groups in total. The first-order valence-electron chi connectivity index (χ1n) is 8.61. The lowest BCUT2D eigenvalue weighted by atomic mass is 9.98. The first-order valence-corrected chi connectivity index (χ1v) is 10.1. The molecule has 3 rings (SSSR count). The van der Waals surface area contributed by atoms with Crippen LogP contribution in [0.1, 0.15) is 23.3 Å². The molecule has 0 unspecified atom stereocenters. The number of anilines is 1. The number of aromatic nitrogens is 2. The number of carbonyl (C=O) groups excluding carboxylic acids is 1. The van der Waals surface area contributed by atoms with Crippen LogP contribution in [0, 0.1) is 5.92 Å². The van der Waals surface area contributed by atoms with Gasteiger partial charge in [-0.2, -0.15) is 0 Å². The number of nitrogens with zero attached hydrogens (tertiary/aromatic N) is 1. The Bertz CT molecular complexity index is 985. The second-order valence-corrected chi connectivity index (χ2v) is 8.43. The Kier molecular flexibility index (Phi) is 6.71. The van der Waals surface area contributed by atoms with E-state index in [-0.39, 0.29) is 11.4 Å². The average molecular weight is 444 g/mol. The number of hydrogen-bond donors (Lipinski definition) is 4. The smallest absolute Gasteiger partial charge is 0.326 e. The van der Waals surface area contributed by atoms with Crippen LogP contribution in [0.2, 0.25) is 10.0 Å². The molecule has 1 aliphatic rings. The first-order chi connectivity index (χ1) is 13.3. The van der Waals surface area contributed by atoms with E-state index < -0.39 is 17.2 Å². The molecule has 1 aliphatic heterocycles. The molecule has 8 nitrogen and oxygen atoms in total. The summed E-state index contributed by atoms with van der Waals surface area (Å²) in [5, 5.41) is 3.80. The van der Waals surface area contributed by atoms with E-state index in [4.69, 9.17) is 28.9 Å². The molecule has 0 aliphatic carbocycles. The number of nitrogen functional groups attached to an aromatic ring is 1. The molecule has 1 fully saturated rings. The van der Waals surface area contributed by atoms with Crippen molar-refractivity contribution in [2.24, 2.45) is 5.92 Å². The van der Waals surface area contributed by atoms with Crippen molar-refractivity contribution >= 4 is 46.7 Å². The van der Waals surface area contributed by atoms with Crippen molar-refractivity contribution in [3.05, 3.63) is 54.8 Å². The second kappa shape index (κ2) is 9.04. The van der Waals surface area contributed by atoms with Crippen molar-refractivity contribution in [2.45, 2.75) is 17.7 Å². The molecule has 0 atom stereocenters. The number of carbonyl (C=O) groups is 1. The van der Waals surface area contributed by atoms with Gasteiger partial charge in [0.2, 0.25) is 0 Å². The lowest BCUT2D eigenvalue weighted by molar-refractivity contribution is 0.0937. The van der Waals surface area contributed by atoms with Crippen LogP contribution in [-0.2, 0) is 0 Å². The summed E-state index contributed by atoms with van der Waals surface area (Å²) in [5.74, 6) is -0.266. The van der Waals surface area contributed by atoms with Crippen molar-refractivity contribution < 1.29 is 4.79 Å². The highest BCUT2D eigenvalue weighted by molar-refractivity contribution is 7.97. The predicted molar refractivity (Wildman–Crippen MR) is 111 cm³/mol. The van der Waals surface area contributed by atoms with Gasteiger partial charge in [0, 0.05) is 24.5 Å². The Morgan fingerprint density at radius 3 is 2.61 bits per heavy atom. The summed E-state index contributed by atoms with van der Waals surface area (Å²) in [5.41, 5.74) is 3.52. The van der Waals surface area contributed by atoms with Crippen LogP contribution < -0.4 is 22.3 Å². The van der Waals surface area contributed by atoms with E-state index >= 15 is 0 Å². The minimum absolute atomic E-state index is 0.207. The number of halogens is 2. The van der Waals surface area contributed by atoms with Crippen LogP contribution in [0.5, 0.6) is 0 Å². The van der Waals surface area contributed by atoms with E-state index in [1.54, 1.807) is 18.0 Å². The molecular formula is C17H19Cl2N5O3S. The van der Waals surface area contributed by atoms with Crippen LogP contribution in [0.4, 0.5) is 5.69 Å². The zero-order chi connectivity index (χ0) is 20.3. The van der Waals surface area contributed by atoms with Crippen molar-refractivity contribution in [3.8, 4) is 0 Å². The number of aromatic amines is 2. The summed E-state index contributed by atoms with van der Waals surface area (Å²) in [4.78, 5) is 40.3. The largest absolute Gasteiger partial charge is 0.392 e. The highest BCUT2D eigenvalue weighted by Crippen LogP contribution is 2.32. The molecule has 1 saturated heterocycles. The fraction of sp³-hybridized carbons (Fsp3) is 0.353. The van der Waals surface area contributed by atoms with Gasteiger partial charge in [-0.15, -0.1) is 0 Å². The number of amides is 1. The van der Waals surface area contributed by atoms with Crippen LogP contribution in [0.15, 0.2) is 32.7 Å². The van der Waals surface area contributed by atoms with Crippen LogP contribution in [0.3, 0.4) is 0 Å². The normalized spacial score (nSPS) is 15.5. The molecule has 150 valence electrons. The lowest BCUT2D eigenvalue weighted by Gasteiger charge is -2.31. The summed E-state index contributed by atoms with van der Waals surface area (Å²) in [6, 6.07) is 5.55. The predicted octanol–water partition coefficient (Wildman–Crippen LogP) is 2.10. The van der Waals surface area contributed by atoms with Gasteiger partial charge in [0.25, 0.3) is 11.5 Å². The van der Waals surface area contributed by atoms with E-state index in [2.05, 4.69) is 14.6 Å². The minimum Gasteiger partial charge on any atom is -0.392 e. The van der Waals surface area contributed by atoms with Gasteiger partial charge in [-0.3, -0.25) is 14.6 Å². The standard InChI is InChI=1S/C17H19Cl2N5O3S/c18-11-2-1-10(7-12(11)19)28-24-5-3-9(4-6-24)8-21-16(26)14-13(20)15(25)23-17(27)22-14/h1-2,7,9H,3-6,8,20H2,(H,21,26)(H2,22,23,25,27). The lowest BCUT2D eigenvalue weighted by Crippen LogP contribution is -2.38. The zero-order valence-corrected chi connectivity index (χ0v) is 17.1. The van der Waals surface area contributed by atoms with E-state index in [0.29, 0.717) is 22.5 Å². The fourth-order valence-electron chi connectivity index (χ4n) is 2.89. The Morgan fingerprint density at radius 2 is 1.93 bits per heavy atom. The van der Waals surface area contributed by atoms with Gasteiger partial charge in [-0.1, -0.05) is 23.2 Å². The number of nitrogens with two attached hydrogens (primary N) is 1. The van der Waals surface area contributed by atoms with E-state index in [1.165, 1.54) is 0 Å². The monoisotopic (exact) mass is 443 g/mol. The van der Waals surface area contributed by atoms with Crippen LogP contribution in [0.25, 0.3) is 0 Å². The SMILES string of the molecule is Nc1c(C(=O)NCC2CCN(Sc3ccc(Cl)c(Cl)c3)CC2)[nH]c(=O)[nH]c1=O. The molecule has 0 spiro atoms. The van der Waals surface area contributed by atoms with Gasteiger partial charge in [-0.05, 0) is 48.9 Å². The maximum atomic E-state index is 12.2. The summed E-state index contributed by atoms with van der Waals surface area (Å²) in [6.45, 7) is 2.16. The third kappa shape index (κ3) is 5.11. The van der Waals surface area contributed by atoms with E-state index in [1.807, 2.05) is 17.1 Å². The number of hydrogen-bond acceptors (Lipinski definition) is 6.